The number of aryl methyl sites for hydroxylation is 1. The number of oxazole rings is 1. The van der Waals surface area contributed by atoms with Crippen LogP contribution in [0.1, 0.15) is 6.42 Å². The van der Waals surface area contributed by atoms with E-state index in [4.69, 9.17) is 4.42 Å². The van der Waals surface area contributed by atoms with Crippen LogP contribution in [0.15, 0.2) is 51.8 Å². The maximum atomic E-state index is 11.9. The molecule has 0 unspecified atom stereocenters. The minimum Gasteiger partial charge on any atom is -0.504 e. The third-order valence-electron chi connectivity index (χ3n) is 3.18. The molecule has 0 fully saturated rings. The zero-order valence-corrected chi connectivity index (χ0v) is 11.5. The van der Waals surface area contributed by atoms with Crippen molar-refractivity contribution in [2.45, 2.75) is 13.0 Å². The number of amides is 1. The molecule has 2 aromatic heterocycles. The number of anilines is 1. The lowest BCUT2D eigenvalue weighted by atomic mass is 10.3. The molecule has 0 saturated carbocycles. The summed E-state index contributed by atoms with van der Waals surface area (Å²) in [6.45, 7) is 0.176. The molecule has 0 radical (unpaired) electrons. The van der Waals surface area contributed by atoms with Crippen LogP contribution in [-0.2, 0) is 11.3 Å². The largest absolute Gasteiger partial charge is 0.504 e. The molecule has 2 heterocycles. The molecule has 0 atom stereocenters. The highest BCUT2D eigenvalue weighted by molar-refractivity contribution is 5.91. The molecule has 0 aliphatic rings. The van der Waals surface area contributed by atoms with Crippen molar-refractivity contribution in [3.63, 3.8) is 0 Å². The van der Waals surface area contributed by atoms with E-state index in [9.17, 15) is 14.7 Å². The smallest absolute Gasteiger partial charge is 0.419 e. The van der Waals surface area contributed by atoms with E-state index >= 15 is 0 Å². The van der Waals surface area contributed by atoms with Gasteiger partial charge in [0, 0.05) is 19.2 Å². The first kappa shape index (κ1) is 13.9. The number of aromatic nitrogens is 2. The van der Waals surface area contributed by atoms with Gasteiger partial charge in [-0.2, -0.15) is 0 Å². The molecular weight excluding hydrogens is 286 g/mol. The number of rotatable bonds is 4. The monoisotopic (exact) mass is 299 g/mol. The van der Waals surface area contributed by atoms with Gasteiger partial charge in [-0.1, -0.05) is 12.1 Å². The van der Waals surface area contributed by atoms with Gasteiger partial charge < -0.3 is 14.8 Å². The molecule has 112 valence electrons. The standard InChI is InChI=1S/C15H13N3O4/c19-11-5-3-8-16-14(11)17-13(20)7-9-18-10-4-1-2-6-12(10)22-15(18)21/h1-6,8,19H,7,9H2,(H,16,17,20). The molecule has 0 aliphatic carbocycles. The summed E-state index contributed by atoms with van der Waals surface area (Å²) in [5, 5.41) is 12.0. The van der Waals surface area contributed by atoms with Crippen LogP contribution >= 0.6 is 0 Å². The number of hydrogen-bond donors (Lipinski definition) is 2. The van der Waals surface area contributed by atoms with Crippen LogP contribution in [0.4, 0.5) is 5.82 Å². The average molecular weight is 299 g/mol. The van der Waals surface area contributed by atoms with E-state index in [2.05, 4.69) is 10.3 Å². The number of fused-ring (bicyclic) bond motifs is 1. The van der Waals surface area contributed by atoms with Crippen molar-refractivity contribution in [2.75, 3.05) is 5.32 Å². The molecule has 7 heteroatoms. The highest BCUT2D eigenvalue weighted by Gasteiger charge is 2.11. The van der Waals surface area contributed by atoms with Gasteiger partial charge in [-0.15, -0.1) is 0 Å². The Morgan fingerprint density at radius 3 is 2.91 bits per heavy atom. The molecular formula is C15H13N3O4. The van der Waals surface area contributed by atoms with Crippen molar-refractivity contribution >= 4 is 22.8 Å². The van der Waals surface area contributed by atoms with E-state index in [0.717, 1.165) is 0 Å². The normalized spacial score (nSPS) is 10.7. The first-order valence-electron chi connectivity index (χ1n) is 6.67. The number of nitrogens with one attached hydrogen (secondary N) is 1. The zero-order valence-electron chi connectivity index (χ0n) is 11.5. The van der Waals surface area contributed by atoms with Crippen LogP contribution in [-0.4, -0.2) is 20.6 Å². The third-order valence-corrected chi connectivity index (χ3v) is 3.18. The van der Waals surface area contributed by atoms with E-state index in [-0.39, 0.29) is 30.4 Å². The van der Waals surface area contributed by atoms with Crippen molar-refractivity contribution < 1.29 is 14.3 Å². The number of aromatic hydroxyl groups is 1. The molecule has 1 aromatic carbocycles. The minimum atomic E-state index is -0.505. The summed E-state index contributed by atoms with van der Waals surface area (Å²) in [6.07, 6.45) is 1.52. The van der Waals surface area contributed by atoms with Gasteiger partial charge in [-0.3, -0.25) is 9.36 Å². The van der Waals surface area contributed by atoms with E-state index in [1.807, 2.05) is 0 Å². The Kier molecular flexibility index (Phi) is 3.61. The summed E-state index contributed by atoms with van der Waals surface area (Å²) in [7, 11) is 0. The lowest BCUT2D eigenvalue weighted by molar-refractivity contribution is -0.116. The Morgan fingerprint density at radius 1 is 1.27 bits per heavy atom. The highest BCUT2D eigenvalue weighted by atomic mass is 16.4. The van der Waals surface area contributed by atoms with Gasteiger partial charge in [-0.25, -0.2) is 9.78 Å². The van der Waals surface area contributed by atoms with Gasteiger partial charge in [0.05, 0.1) is 5.52 Å². The van der Waals surface area contributed by atoms with Gasteiger partial charge >= 0.3 is 5.76 Å². The summed E-state index contributed by atoms with van der Waals surface area (Å²) < 4.78 is 6.49. The number of carbonyl (C=O) groups excluding carboxylic acids is 1. The highest BCUT2D eigenvalue weighted by Crippen LogP contribution is 2.18. The second-order valence-electron chi connectivity index (χ2n) is 4.66. The molecule has 0 saturated heterocycles. The molecule has 1 amide bonds. The van der Waals surface area contributed by atoms with Crippen molar-refractivity contribution in [1.29, 1.82) is 0 Å². The number of nitrogens with zero attached hydrogens (tertiary/aromatic N) is 2. The van der Waals surface area contributed by atoms with Gasteiger partial charge in [-0.05, 0) is 24.3 Å². The Hall–Kier alpha value is -3.09. The van der Waals surface area contributed by atoms with E-state index in [1.165, 1.54) is 16.8 Å². The maximum Gasteiger partial charge on any atom is 0.419 e. The van der Waals surface area contributed by atoms with Crippen LogP contribution in [0.5, 0.6) is 5.75 Å². The van der Waals surface area contributed by atoms with E-state index < -0.39 is 5.76 Å². The first-order chi connectivity index (χ1) is 10.6. The predicted molar refractivity (Wildman–Crippen MR) is 79.6 cm³/mol. The van der Waals surface area contributed by atoms with Crippen LogP contribution in [0, 0.1) is 0 Å². The minimum absolute atomic E-state index is 0.0550. The topological polar surface area (TPSA) is 97.4 Å². The second-order valence-corrected chi connectivity index (χ2v) is 4.66. The molecule has 0 bridgehead atoms. The van der Waals surface area contributed by atoms with E-state index in [1.54, 1.807) is 30.3 Å². The number of carbonyl (C=O) groups is 1. The Balaban J connectivity index is 1.72. The summed E-state index contributed by atoms with van der Waals surface area (Å²) >= 11 is 0. The fourth-order valence-electron chi connectivity index (χ4n) is 2.13. The number of pyridine rings is 1. The first-order valence-corrected chi connectivity index (χ1v) is 6.67. The Labute approximate surface area is 124 Å². The van der Waals surface area contributed by atoms with Crippen LogP contribution in [0.2, 0.25) is 0 Å². The molecule has 22 heavy (non-hydrogen) atoms. The van der Waals surface area contributed by atoms with Gasteiger partial charge in [0.15, 0.2) is 17.2 Å². The summed E-state index contributed by atoms with van der Waals surface area (Å²) in [5.74, 6) is -0.875. The summed E-state index contributed by atoms with van der Waals surface area (Å²) in [5.41, 5.74) is 1.12. The molecule has 2 N–H and O–H groups in total. The molecule has 3 aromatic rings. The van der Waals surface area contributed by atoms with Crippen molar-refractivity contribution in [3.8, 4) is 5.75 Å². The van der Waals surface area contributed by atoms with Crippen LogP contribution < -0.4 is 11.1 Å². The quantitative estimate of drug-likeness (QED) is 0.764. The van der Waals surface area contributed by atoms with Gasteiger partial charge in [0.25, 0.3) is 0 Å². The Morgan fingerprint density at radius 2 is 2.09 bits per heavy atom. The summed E-state index contributed by atoms with van der Waals surface area (Å²) in [6, 6.07) is 9.99. The maximum absolute atomic E-state index is 11.9. The fraction of sp³-hybridized carbons (Fsp3) is 0.133. The molecule has 0 spiro atoms. The molecule has 3 rings (SSSR count). The van der Waals surface area contributed by atoms with Gasteiger partial charge in [0.2, 0.25) is 5.91 Å². The van der Waals surface area contributed by atoms with Crippen LogP contribution in [0.25, 0.3) is 11.1 Å². The fourth-order valence-corrected chi connectivity index (χ4v) is 2.13. The van der Waals surface area contributed by atoms with Crippen molar-refractivity contribution in [1.82, 2.24) is 9.55 Å². The summed E-state index contributed by atoms with van der Waals surface area (Å²) in [4.78, 5) is 27.5. The van der Waals surface area contributed by atoms with Crippen molar-refractivity contribution in [2.24, 2.45) is 0 Å². The molecule has 0 aliphatic heterocycles. The van der Waals surface area contributed by atoms with E-state index in [0.29, 0.717) is 11.1 Å². The van der Waals surface area contributed by atoms with Gasteiger partial charge in [0.1, 0.15) is 0 Å². The Bertz CT molecular complexity index is 882. The average Bonchev–Trinajstić information content (AvgIpc) is 2.83. The molecule has 7 nitrogen and oxygen atoms in total. The number of hydrogen-bond acceptors (Lipinski definition) is 5. The number of para-hydroxylation sites is 2. The number of benzene rings is 1. The lowest BCUT2D eigenvalue weighted by Crippen LogP contribution is -2.20. The lowest BCUT2D eigenvalue weighted by Gasteiger charge is -2.06. The van der Waals surface area contributed by atoms with Crippen molar-refractivity contribution in [3.05, 3.63) is 53.1 Å². The predicted octanol–water partition coefficient (Wildman–Crippen LogP) is 1.72. The second kappa shape index (κ2) is 5.72. The van der Waals surface area contributed by atoms with Crippen LogP contribution in [0.3, 0.4) is 0 Å². The zero-order chi connectivity index (χ0) is 15.5. The third kappa shape index (κ3) is 2.69. The SMILES string of the molecule is O=C(CCn1c(=O)oc2ccccc21)Nc1ncccc1O.